The third-order valence-electron chi connectivity index (χ3n) is 3.89. The van der Waals surface area contributed by atoms with Crippen LogP contribution in [0.2, 0.25) is 5.02 Å². The van der Waals surface area contributed by atoms with E-state index in [9.17, 15) is 13.2 Å². The highest BCUT2D eigenvalue weighted by atomic mass is 35.5. The van der Waals surface area contributed by atoms with Gasteiger partial charge in [-0.15, -0.1) is 12.4 Å². The number of nitrogens with one attached hydrogen (secondary N) is 1. The molecule has 1 atom stereocenters. The van der Waals surface area contributed by atoms with Crippen LogP contribution >= 0.6 is 24.0 Å². The summed E-state index contributed by atoms with van der Waals surface area (Å²) in [4.78, 5) is 1.80. The smallest absolute Gasteiger partial charge is 0.390 e. The van der Waals surface area contributed by atoms with Crippen LogP contribution in [-0.2, 0) is 0 Å². The normalized spacial score (nSPS) is 17.1. The lowest BCUT2D eigenvalue weighted by Crippen LogP contribution is -2.46. The van der Waals surface area contributed by atoms with E-state index in [0.717, 1.165) is 0 Å². The van der Waals surface area contributed by atoms with Gasteiger partial charge < -0.3 is 14.8 Å². The second-order valence-electron chi connectivity index (χ2n) is 5.33. The van der Waals surface area contributed by atoms with Crippen molar-refractivity contribution < 1.29 is 22.6 Å². The highest BCUT2D eigenvalue weighted by Crippen LogP contribution is 2.44. The first-order chi connectivity index (χ1) is 10.9. The van der Waals surface area contributed by atoms with Crippen molar-refractivity contribution in [2.24, 2.45) is 0 Å². The molecule has 1 aliphatic rings. The fourth-order valence-corrected chi connectivity index (χ4v) is 3.17. The van der Waals surface area contributed by atoms with Crippen LogP contribution in [0.4, 0.5) is 13.2 Å². The van der Waals surface area contributed by atoms with E-state index in [4.69, 9.17) is 21.1 Å². The average molecular weight is 389 g/mol. The van der Waals surface area contributed by atoms with Crippen molar-refractivity contribution in [3.63, 3.8) is 0 Å². The molecule has 0 saturated carbocycles. The maximum absolute atomic E-state index is 13.1. The lowest BCUT2D eigenvalue weighted by molar-refractivity contribution is -0.148. The minimum absolute atomic E-state index is 0. The molecule has 1 aliphatic heterocycles. The van der Waals surface area contributed by atoms with Crippen LogP contribution in [0.1, 0.15) is 18.0 Å². The Morgan fingerprint density at radius 1 is 1.21 bits per heavy atom. The molecule has 1 aromatic carbocycles. The molecule has 0 unspecified atom stereocenters. The van der Waals surface area contributed by atoms with Crippen molar-refractivity contribution in [1.82, 2.24) is 10.2 Å². The van der Waals surface area contributed by atoms with Gasteiger partial charge in [0.15, 0.2) is 11.5 Å². The van der Waals surface area contributed by atoms with E-state index in [-0.39, 0.29) is 23.2 Å². The second-order valence-corrected chi connectivity index (χ2v) is 5.70. The number of halogens is 5. The quantitative estimate of drug-likeness (QED) is 0.833. The summed E-state index contributed by atoms with van der Waals surface area (Å²) in [7, 11) is 2.87. The third kappa shape index (κ3) is 5.05. The van der Waals surface area contributed by atoms with Gasteiger partial charge in [0.05, 0.1) is 25.7 Å². The van der Waals surface area contributed by atoms with Gasteiger partial charge in [-0.25, -0.2) is 0 Å². The molecule has 1 fully saturated rings. The average Bonchev–Trinajstić information content (AvgIpc) is 2.52. The zero-order chi connectivity index (χ0) is 17.0. The van der Waals surface area contributed by atoms with Gasteiger partial charge in [0.25, 0.3) is 0 Å². The van der Waals surface area contributed by atoms with Crippen molar-refractivity contribution in [1.29, 1.82) is 0 Å². The molecular formula is C15H21Cl2F3N2O2. The number of ether oxygens (including phenoxy) is 2. The SMILES string of the molecule is COc1ccc([C@@H](CC(F)(F)F)N2CCNCC2)c(Cl)c1OC.Cl. The van der Waals surface area contributed by atoms with Crippen LogP contribution in [0.25, 0.3) is 0 Å². The van der Waals surface area contributed by atoms with Crippen LogP contribution in [0.3, 0.4) is 0 Å². The zero-order valence-corrected chi connectivity index (χ0v) is 15.0. The largest absolute Gasteiger partial charge is 0.493 e. The molecule has 1 N–H and O–H groups in total. The number of alkyl halides is 3. The van der Waals surface area contributed by atoms with E-state index in [1.54, 1.807) is 17.0 Å². The molecule has 1 heterocycles. The van der Waals surface area contributed by atoms with Crippen LogP contribution < -0.4 is 14.8 Å². The van der Waals surface area contributed by atoms with Gasteiger partial charge >= 0.3 is 6.18 Å². The molecule has 0 aliphatic carbocycles. The first kappa shape index (κ1) is 21.2. The molecule has 0 spiro atoms. The summed E-state index contributed by atoms with van der Waals surface area (Å²) in [5.41, 5.74) is 0.406. The lowest BCUT2D eigenvalue weighted by Gasteiger charge is -2.36. The lowest BCUT2D eigenvalue weighted by atomic mass is 10.00. The number of benzene rings is 1. The van der Waals surface area contributed by atoms with Gasteiger partial charge in [0, 0.05) is 32.2 Å². The summed E-state index contributed by atoms with van der Waals surface area (Å²) in [5.74, 6) is 0.654. The Labute approximate surface area is 150 Å². The van der Waals surface area contributed by atoms with Crippen molar-refractivity contribution in [2.45, 2.75) is 18.6 Å². The van der Waals surface area contributed by atoms with E-state index in [0.29, 0.717) is 37.5 Å². The Balaban J connectivity index is 0.00000288. The van der Waals surface area contributed by atoms with Crippen LogP contribution in [0, 0.1) is 0 Å². The van der Waals surface area contributed by atoms with Gasteiger partial charge in [-0.1, -0.05) is 17.7 Å². The van der Waals surface area contributed by atoms with Gasteiger partial charge in [-0.05, 0) is 11.6 Å². The topological polar surface area (TPSA) is 33.7 Å². The Hall–Kier alpha value is -0.890. The first-order valence-corrected chi connectivity index (χ1v) is 7.67. The van der Waals surface area contributed by atoms with Gasteiger partial charge in [-0.2, -0.15) is 13.2 Å². The van der Waals surface area contributed by atoms with E-state index in [2.05, 4.69) is 5.32 Å². The van der Waals surface area contributed by atoms with E-state index < -0.39 is 18.6 Å². The molecule has 24 heavy (non-hydrogen) atoms. The fourth-order valence-electron chi connectivity index (χ4n) is 2.81. The maximum Gasteiger partial charge on any atom is 0.390 e. The third-order valence-corrected chi connectivity index (χ3v) is 4.28. The van der Waals surface area contributed by atoms with Gasteiger partial charge in [-0.3, -0.25) is 4.90 Å². The van der Waals surface area contributed by atoms with Crippen molar-refractivity contribution in [3.05, 3.63) is 22.7 Å². The summed E-state index contributed by atoms with van der Waals surface area (Å²) in [6.07, 6.45) is -5.24. The second kappa shape index (κ2) is 8.99. The summed E-state index contributed by atoms with van der Waals surface area (Å²) < 4.78 is 49.5. The predicted molar refractivity (Wildman–Crippen MR) is 89.7 cm³/mol. The minimum atomic E-state index is -4.29. The number of nitrogens with zero attached hydrogens (tertiary/aromatic N) is 1. The van der Waals surface area contributed by atoms with E-state index in [1.807, 2.05) is 0 Å². The minimum Gasteiger partial charge on any atom is -0.493 e. The standard InChI is InChI=1S/C15H20ClF3N2O2.ClH/c1-22-12-4-3-10(13(16)14(12)23-2)11(9-15(17,18)19)21-7-5-20-6-8-21;/h3-4,11,20H,5-9H2,1-2H3;1H/t11-;/m1./s1. The highest BCUT2D eigenvalue weighted by molar-refractivity contribution is 6.33. The molecule has 0 amide bonds. The summed E-state index contributed by atoms with van der Waals surface area (Å²) >= 11 is 6.32. The Morgan fingerprint density at radius 3 is 2.33 bits per heavy atom. The molecule has 138 valence electrons. The number of methoxy groups -OCH3 is 2. The molecule has 1 aromatic rings. The Kier molecular flexibility index (Phi) is 7.92. The molecule has 0 radical (unpaired) electrons. The van der Waals surface area contributed by atoms with E-state index in [1.165, 1.54) is 14.2 Å². The van der Waals surface area contributed by atoms with Crippen LogP contribution in [0.15, 0.2) is 12.1 Å². The predicted octanol–water partition coefficient (Wildman–Crippen LogP) is 3.68. The summed E-state index contributed by atoms with van der Waals surface area (Å²) in [5, 5.41) is 3.31. The molecule has 2 rings (SSSR count). The van der Waals surface area contributed by atoms with Crippen molar-refractivity contribution in [2.75, 3.05) is 40.4 Å². The Morgan fingerprint density at radius 2 is 1.83 bits per heavy atom. The van der Waals surface area contributed by atoms with Crippen molar-refractivity contribution >= 4 is 24.0 Å². The molecular weight excluding hydrogens is 368 g/mol. The number of rotatable bonds is 5. The summed E-state index contributed by atoms with van der Waals surface area (Å²) in [6, 6.07) is 2.33. The first-order valence-electron chi connectivity index (χ1n) is 7.29. The van der Waals surface area contributed by atoms with Crippen LogP contribution in [0.5, 0.6) is 11.5 Å². The monoisotopic (exact) mass is 388 g/mol. The fraction of sp³-hybridized carbons (Fsp3) is 0.600. The Bertz CT molecular complexity index is 538. The molecule has 4 nitrogen and oxygen atoms in total. The summed E-state index contributed by atoms with van der Waals surface area (Å²) in [6.45, 7) is 2.37. The number of hydrogen-bond donors (Lipinski definition) is 1. The van der Waals surface area contributed by atoms with E-state index >= 15 is 0 Å². The van der Waals surface area contributed by atoms with Crippen LogP contribution in [-0.4, -0.2) is 51.5 Å². The highest BCUT2D eigenvalue weighted by Gasteiger charge is 2.37. The zero-order valence-electron chi connectivity index (χ0n) is 13.5. The number of piperazine rings is 1. The molecule has 9 heteroatoms. The molecule has 0 aromatic heterocycles. The number of hydrogen-bond acceptors (Lipinski definition) is 4. The van der Waals surface area contributed by atoms with Gasteiger partial charge in [0.2, 0.25) is 0 Å². The molecule has 0 bridgehead atoms. The van der Waals surface area contributed by atoms with Gasteiger partial charge in [0.1, 0.15) is 0 Å². The van der Waals surface area contributed by atoms with Crippen molar-refractivity contribution in [3.8, 4) is 11.5 Å². The molecule has 1 saturated heterocycles. The maximum atomic E-state index is 13.1.